The molecule has 140 valence electrons. The molecule has 3 rings (SSSR count). The number of hydrogen-bond acceptors (Lipinski definition) is 4. The first-order chi connectivity index (χ1) is 12.8. The molecular formula is C20H20N2O4S. The maximum atomic E-state index is 12.7. The molecule has 0 aliphatic heterocycles. The number of sulfonamides is 1. The van der Waals surface area contributed by atoms with Gasteiger partial charge in [0.15, 0.2) is 0 Å². The number of para-hydroxylation sites is 1. The van der Waals surface area contributed by atoms with Crippen LogP contribution < -0.4 is 10.0 Å². The Kier molecular flexibility index (Phi) is 4.89. The van der Waals surface area contributed by atoms with Gasteiger partial charge < -0.3 is 5.32 Å². The quantitative estimate of drug-likeness (QED) is 0.749. The Bertz CT molecular complexity index is 1000. The fraction of sp³-hybridized carbons (Fsp3) is 0.200. The first-order valence-electron chi connectivity index (χ1n) is 8.43. The molecule has 27 heavy (non-hydrogen) atoms. The first-order valence-corrected chi connectivity index (χ1v) is 9.91. The third-order valence-electron chi connectivity index (χ3n) is 4.79. The van der Waals surface area contributed by atoms with Crippen LogP contribution in [0.2, 0.25) is 0 Å². The second-order valence-corrected chi connectivity index (χ2v) is 8.37. The van der Waals surface area contributed by atoms with E-state index in [2.05, 4.69) is 16.6 Å². The Morgan fingerprint density at radius 3 is 2.37 bits per heavy atom. The highest BCUT2D eigenvalue weighted by atomic mass is 32.2. The van der Waals surface area contributed by atoms with E-state index in [4.69, 9.17) is 0 Å². The number of benzene rings is 2. The van der Waals surface area contributed by atoms with Crippen molar-refractivity contribution in [1.29, 1.82) is 0 Å². The van der Waals surface area contributed by atoms with Gasteiger partial charge in [0.25, 0.3) is 15.9 Å². The second kappa shape index (κ2) is 7.00. The molecule has 1 aliphatic rings. The minimum atomic E-state index is -4.14. The number of rotatable bonds is 6. The van der Waals surface area contributed by atoms with Crippen molar-refractivity contribution in [3.8, 4) is 0 Å². The minimum absolute atomic E-state index is 0.0410. The molecule has 7 heteroatoms. The summed E-state index contributed by atoms with van der Waals surface area (Å²) < 4.78 is 27.6. The smallest absolute Gasteiger partial charge is 0.266 e. The lowest BCUT2D eigenvalue weighted by atomic mass is 10.1. The third-order valence-corrected chi connectivity index (χ3v) is 6.18. The van der Waals surface area contributed by atoms with Crippen LogP contribution in [0.25, 0.3) is 0 Å². The van der Waals surface area contributed by atoms with E-state index >= 15 is 0 Å². The van der Waals surface area contributed by atoms with Crippen molar-refractivity contribution < 1.29 is 18.0 Å². The fourth-order valence-electron chi connectivity index (χ4n) is 2.88. The van der Waals surface area contributed by atoms with Crippen molar-refractivity contribution in [2.45, 2.75) is 18.2 Å². The van der Waals surface area contributed by atoms with Gasteiger partial charge in [0.05, 0.1) is 11.1 Å². The maximum absolute atomic E-state index is 12.7. The predicted octanol–water partition coefficient (Wildman–Crippen LogP) is 2.96. The van der Waals surface area contributed by atoms with Gasteiger partial charge in [-0.2, -0.15) is 0 Å². The highest BCUT2D eigenvalue weighted by Gasteiger charge is 2.55. The normalized spacial score (nSPS) is 21.1. The summed E-state index contributed by atoms with van der Waals surface area (Å²) in [5.41, 5.74) is -0.266. The molecule has 0 heterocycles. The van der Waals surface area contributed by atoms with Gasteiger partial charge in [-0.05, 0) is 36.6 Å². The Morgan fingerprint density at radius 1 is 1.11 bits per heavy atom. The molecule has 0 aromatic heterocycles. The number of amides is 2. The molecular weight excluding hydrogens is 364 g/mol. The molecule has 0 spiro atoms. The van der Waals surface area contributed by atoms with E-state index in [1.54, 1.807) is 49.4 Å². The highest BCUT2D eigenvalue weighted by molar-refractivity contribution is 7.90. The van der Waals surface area contributed by atoms with Crippen LogP contribution in [0.1, 0.15) is 23.7 Å². The van der Waals surface area contributed by atoms with E-state index in [1.807, 2.05) is 0 Å². The highest BCUT2D eigenvalue weighted by Crippen LogP contribution is 2.53. The lowest BCUT2D eigenvalue weighted by Gasteiger charge is -2.15. The zero-order chi connectivity index (χ0) is 19.7. The lowest BCUT2D eigenvalue weighted by molar-refractivity contribution is -0.124. The predicted molar refractivity (Wildman–Crippen MR) is 103 cm³/mol. The minimum Gasteiger partial charge on any atom is -0.321 e. The van der Waals surface area contributed by atoms with Crippen LogP contribution in [0.3, 0.4) is 0 Å². The number of allylic oxidation sites excluding steroid dienone is 1. The molecule has 1 aliphatic carbocycles. The summed E-state index contributed by atoms with van der Waals surface area (Å²) in [7, 11) is -4.14. The number of hydrogen-bond donors (Lipinski definition) is 2. The van der Waals surface area contributed by atoms with Gasteiger partial charge in [-0.1, -0.05) is 43.3 Å². The van der Waals surface area contributed by atoms with E-state index in [0.29, 0.717) is 12.0 Å². The Balaban J connectivity index is 1.83. The molecule has 2 N–H and O–H groups in total. The Morgan fingerprint density at radius 2 is 1.74 bits per heavy atom. The Labute approximate surface area is 158 Å². The lowest BCUT2D eigenvalue weighted by Crippen LogP contribution is -2.36. The number of carbonyl (C=O) groups is 2. The average Bonchev–Trinajstić information content (AvgIpc) is 3.34. The second-order valence-electron chi connectivity index (χ2n) is 6.71. The monoisotopic (exact) mass is 384 g/mol. The number of anilines is 1. The van der Waals surface area contributed by atoms with Gasteiger partial charge in [0.2, 0.25) is 5.91 Å². The number of nitrogens with one attached hydrogen (secondary N) is 2. The van der Waals surface area contributed by atoms with Gasteiger partial charge in [-0.15, -0.1) is 6.58 Å². The summed E-state index contributed by atoms with van der Waals surface area (Å²) in [4.78, 5) is 24.6. The SMILES string of the molecule is C=C[C@@H]1C[C@]1(C)C(=O)NS(=O)(=O)c1ccccc1NC(=O)c1ccccc1. The molecule has 2 aromatic rings. The molecule has 1 fully saturated rings. The topological polar surface area (TPSA) is 92.3 Å². The van der Waals surface area contributed by atoms with Crippen molar-refractivity contribution in [3.05, 3.63) is 72.8 Å². The molecule has 2 aromatic carbocycles. The van der Waals surface area contributed by atoms with Crippen LogP contribution in [0.4, 0.5) is 5.69 Å². The maximum Gasteiger partial charge on any atom is 0.266 e. The van der Waals surface area contributed by atoms with E-state index in [0.717, 1.165) is 0 Å². The van der Waals surface area contributed by atoms with Crippen LogP contribution >= 0.6 is 0 Å². The largest absolute Gasteiger partial charge is 0.321 e. The van der Waals surface area contributed by atoms with E-state index in [-0.39, 0.29) is 16.5 Å². The molecule has 0 unspecified atom stereocenters. The third kappa shape index (κ3) is 3.78. The summed E-state index contributed by atoms with van der Waals surface area (Å²) in [5, 5.41) is 2.59. The molecule has 0 saturated heterocycles. The zero-order valence-corrected chi connectivity index (χ0v) is 15.6. The van der Waals surface area contributed by atoms with Gasteiger partial charge in [0.1, 0.15) is 4.90 Å². The van der Waals surface area contributed by atoms with E-state index in [9.17, 15) is 18.0 Å². The van der Waals surface area contributed by atoms with Crippen molar-refractivity contribution in [2.24, 2.45) is 11.3 Å². The van der Waals surface area contributed by atoms with Crippen LogP contribution in [0, 0.1) is 11.3 Å². The summed E-state index contributed by atoms with van der Waals surface area (Å²) in [6.07, 6.45) is 2.21. The van der Waals surface area contributed by atoms with E-state index < -0.39 is 27.3 Å². The molecule has 6 nitrogen and oxygen atoms in total. The summed E-state index contributed by atoms with van der Waals surface area (Å²) >= 11 is 0. The molecule has 2 amide bonds. The van der Waals surface area contributed by atoms with Gasteiger partial charge >= 0.3 is 0 Å². The van der Waals surface area contributed by atoms with Crippen molar-refractivity contribution in [3.63, 3.8) is 0 Å². The molecule has 0 bridgehead atoms. The van der Waals surface area contributed by atoms with Crippen molar-refractivity contribution >= 4 is 27.5 Å². The van der Waals surface area contributed by atoms with Crippen molar-refractivity contribution in [2.75, 3.05) is 5.32 Å². The van der Waals surface area contributed by atoms with Crippen molar-refractivity contribution in [1.82, 2.24) is 4.72 Å². The van der Waals surface area contributed by atoms with Crippen LogP contribution in [-0.2, 0) is 14.8 Å². The summed E-state index contributed by atoms with van der Waals surface area (Å²) in [6, 6.07) is 14.4. The fourth-order valence-corrected chi connectivity index (χ4v) is 4.14. The standard InChI is InChI=1S/C20H20N2O4S/c1-3-15-13-20(15,2)19(24)22-27(25,26)17-12-8-7-11-16(17)21-18(23)14-9-5-4-6-10-14/h3-12,15H,1,13H2,2H3,(H,21,23)(H,22,24)/t15-,20+/m1/s1. The number of carbonyl (C=O) groups excluding carboxylic acids is 2. The Hall–Kier alpha value is -2.93. The molecule has 0 radical (unpaired) electrons. The van der Waals surface area contributed by atoms with Gasteiger partial charge in [-0.25, -0.2) is 13.1 Å². The average molecular weight is 384 g/mol. The van der Waals surface area contributed by atoms with E-state index in [1.165, 1.54) is 18.2 Å². The summed E-state index contributed by atoms with van der Waals surface area (Å²) in [6.45, 7) is 5.36. The van der Waals surface area contributed by atoms with Crippen LogP contribution in [0.5, 0.6) is 0 Å². The molecule has 1 saturated carbocycles. The van der Waals surface area contributed by atoms with Crippen LogP contribution in [-0.4, -0.2) is 20.2 Å². The van der Waals surface area contributed by atoms with Crippen LogP contribution in [0.15, 0.2) is 72.1 Å². The first kappa shape index (κ1) is 18.8. The zero-order valence-electron chi connectivity index (χ0n) is 14.8. The summed E-state index contributed by atoms with van der Waals surface area (Å²) in [5.74, 6) is -1.05. The van der Waals surface area contributed by atoms with Gasteiger partial charge in [0, 0.05) is 5.56 Å². The molecule has 2 atom stereocenters. The van der Waals surface area contributed by atoms with Gasteiger partial charge in [-0.3, -0.25) is 9.59 Å².